The number of hydrogen-bond donors (Lipinski definition) is 0. The number of carbonyl (C=O) groups excluding carboxylic acids is 1. The Morgan fingerprint density at radius 1 is 1.15 bits per heavy atom. The SMILES string of the molecule is CC(C)(C)CCCC(=O)C(F)(F)F. The molecule has 0 bridgehead atoms. The van der Waals surface area contributed by atoms with Crippen LogP contribution >= 0.6 is 0 Å². The fourth-order valence-corrected chi connectivity index (χ4v) is 0.921. The Hall–Kier alpha value is -0.540. The molecule has 0 saturated heterocycles. The maximum atomic E-state index is 11.7. The summed E-state index contributed by atoms with van der Waals surface area (Å²) in [5.74, 6) is -1.61. The summed E-state index contributed by atoms with van der Waals surface area (Å²) in [6.45, 7) is 5.81. The molecular formula is C9H15F3O. The first-order valence-electron chi connectivity index (χ1n) is 4.23. The van der Waals surface area contributed by atoms with Gasteiger partial charge in [-0.3, -0.25) is 4.79 Å². The minimum atomic E-state index is -4.65. The van der Waals surface area contributed by atoms with Gasteiger partial charge in [-0.2, -0.15) is 13.2 Å². The number of alkyl halides is 3. The molecule has 0 aliphatic carbocycles. The number of ketones is 1. The molecular weight excluding hydrogens is 181 g/mol. The summed E-state index contributed by atoms with van der Waals surface area (Å²) >= 11 is 0. The lowest BCUT2D eigenvalue weighted by molar-refractivity contribution is -0.171. The molecule has 0 N–H and O–H groups in total. The predicted octanol–water partition coefficient (Wildman–Crippen LogP) is 3.33. The van der Waals surface area contributed by atoms with Crippen LogP contribution in [0.1, 0.15) is 40.0 Å². The second kappa shape index (κ2) is 4.11. The highest BCUT2D eigenvalue weighted by Crippen LogP contribution is 2.24. The molecule has 13 heavy (non-hydrogen) atoms. The van der Waals surface area contributed by atoms with Gasteiger partial charge in [0, 0.05) is 6.42 Å². The number of hydrogen-bond acceptors (Lipinski definition) is 1. The lowest BCUT2D eigenvalue weighted by Crippen LogP contribution is -2.22. The van der Waals surface area contributed by atoms with Gasteiger partial charge in [0.25, 0.3) is 0 Å². The molecule has 0 saturated carbocycles. The van der Waals surface area contributed by atoms with Crippen molar-refractivity contribution in [3.63, 3.8) is 0 Å². The molecule has 0 aromatic carbocycles. The van der Waals surface area contributed by atoms with Crippen molar-refractivity contribution in [2.75, 3.05) is 0 Å². The van der Waals surface area contributed by atoms with Gasteiger partial charge in [-0.05, 0) is 18.3 Å². The van der Waals surface area contributed by atoms with Crippen LogP contribution in [0.2, 0.25) is 0 Å². The third-order valence-electron chi connectivity index (χ3n) is 1.65. The quantitative estimate of drug-likeness (QED) is 0.676. The summed E-state index contributed by atoms with van der Waals surface area (Å²) in [5.41, 5.74) is -0.00806. The van der Waals surface area contributed by atoms with E-state index >= 15 is 0 Å². The molecule has 78 valence electrons. The van der Waals surface area contributed by atoms with Crippen LogP contribution in [-0.2, 0) is 4.79 Å². The molecule has 0 aromatic rings. The lowest BCUT2D eigenvalue weighted by atomic mass is 9.89. The van der Waals surface area contributed by atoms with Gasteiger partial charge >= 0.3 is 6.18 Å². The molecule has 0 aliphatic heterocycles. The lowest BCUT2D eigenvalue weighted by Gasteiger charge is -2.17. The van der Waals surface area contributed by atoms with Crippen molar-refractivity contribution in [1.29, 1.82) is 0 Å². The van der Waals surface area contributed by atoms with Crippen molar-refractivity contribution < 1.29 is 18.0 Å². The molecule has 0 heterocycles. The minimum Gasteiger partial charge on any atom is -0.290 e. The van der Waals surface area contributed by atoms with Crippen molar-refractivity contribution in [2.45, 2.75) is 46.2 Å². The van der Waals surface area contributed by atoms with E-state index < -0.39 is 12.0 Å². The van der Waals surface area contributed by atoms with E-state index in [9.17, 15) is 18.0 Å². The van der Waals surface area contributed by atoms with Crippen molar-refractivity contribution in [1.82, 2.24) is 0 Å². The molecule has 0 radical (unpaired) electrons. The minimum absolute atomic E-state index is 0.00806. The first-order valence-corrected chi connectivity index (χ1v) is 4.23. The third kappa shape index (κ3) is 6.61. The zero-order valence-corrected chi connectivity index (χ0v) is 8.16. The number of Topliss-reactive ketones (excluding diaryl/α,β-unsaturated/α-hetero) is 1. The molecule has 1 nitrogen and oxygen atoms in total. The van der Waals surface area contributed by atoms with E-state index in [-0.39, 0.29) is 11.8 Å². The summed E-state index contributed by atoms with van der Waals surface area (Å²) in [4.78, 5) is 10.4. The number of carbonyl (C=O) groups is 1. The summed E-state index contributed by atoms with van der Waals surface area (Å²) in [7, 11) is 0. The van der Waals surface area contributed by atoms with Gasteiger partial charge in [-0.15, -0.1) is 0 Å². The fourth-order valence-electron chi connectivity index (χ4n) is 0.921. The maximum absolute atomic E-state index is 11.7. The van der Waals surface area contributed by atoms with Crippen LogP contribution in [0.3, 0.4) is 0 Å². The highest BCUT2D eigenvalue weighted by atomic mass is 19.4. The van der Waals surface area contributed by atoms with Gasteiger partial charge in [0.05, 0.1) is 0 Å². The Morgan fingerprint density at radius 2 is 1.62 bits per heavy atom. The number of rotatable bonds is 3. The molecule has 0 amide bonds. The van der Waals surface area contributed by atoms with Gasteiger partial charge < -0.3 is 0 Å². The smallest absolute Gasteiger partial charge is 0.290 e. The van der Waals surface area contributed by atoms with E-state index in [0.717, 1.165) is 0 Å². The second-order valence-electron chi connectivity index (χ2n) is 4.34. The van der Waals surface area contributed by atoms with Gasteiger partial charge in [0.2, 0.25) is 5.78 Å². The topological polar surface area (TPSA) is 17.1 Å². The van der Waals surface area contributed by atoms with E-state index in [4.69, 9.17) is 0 Å². The van der Waals surface area contributed by atoms with Gasteiger partial charge in [0.1, 0.15) is 0 Å². The molecule has 0 rings (SSSR count). The Bertz CT molecular complexity index is 176. The van der Waals surface area contributed by atoms with Crippen molar-refractivity contribution in [3.8, 4) is 0 Å². The first-order chi connectivity index (χ1) is 5.63. The van der Waals surface area contributed by atoms with Gasteiger partial charge in [-0.25, -0.2) is 0 Å². The molecule has 0 fully saturated rings. The zero-order chi connectivity index (χ0) is 10.7. The van der Waals surface area contributed by atoms with E-state index in [0.29, 0.717) is 12.8 Å². The predicted molar refractivity (Wildman–Crippen MR) is 44.4 cm³/mol. The van der Waals surface area contributed by atoms with Crippen molar-refractivity contribution >= 4 is 5.78 Å². The zero-order valence-electron chi connectivity index (χ0n) is 8.16. The van der Waals surface area contributed by atoms with E-state index in [1.54, 1.807) is 0 Å². The van der Waals surface area contributed by atoms with Crippen molar-refractivity contribution in [3.05, 3.63) is 0 Å². The number of halogens is 3. The Labute approximate surface area is 76.3 Å². The van der Waals surface area contributed by atoms with Gasteiger partial charge in [0.15, 0.2) is 0 Å². The molecule has 0 aliphatic rings. The summed E-state index contributed by atoms with van der Waals surface area (Å²) in [6.07, 6.45) is -4.10. The largest absolute Gasteiger partial charge is 0.449 e. The molecule has 0 atom stereocenters. The highest BCUT2D eigenvalue weighted by molar-refractivity contribution is 5.83. The van der Waals surface area contributed by atoms with Crippen LogP contribution in [0, 0.1) is 5.41 Å². The summed E-state index contributed by atoms with van der Waals surface area (Å²) < 4.78 is 35.2. The van der Waals surface area contributed by atoms with Crippen LogP contribution in [0.5, 0.6) is 0 Å². The van der Waals surface area contributed by atoms with Crippen LogP contribution in [0.25, 0.3) is 0 Å². The van der Waals surface area contributed by atoms with Crippen molar-refractivity contribution in [2.24, 2.45) is 5.41 Å². The Balaban J connectivity index is 3.74. The maximum Gasteiger partial charge on any atom is 0.449 e. The summed E-state index contributed by atoms with van der Waals surface area (Å²) in [5, 5.41) is 0. The highest BCUT2D eigenvalue weighted by Gasteiger charge is 2.37. The van der Waals surface area contributed by atoms with Crippen LogP contribution < -0.4 is 0 Å². The van der Waals surface area contributed by atoms with E-state index in [1.807, 2.05) is 20.8 Å². The Kier molecular flexibility index (Phi) is 3.94. The molecule has 0 unspecified atom stereocenters. The molecule has 0 spiro atoms. The van der Waals surface area contributed by atoms with Crippen LogP contribution in [-0.4, -0.2) is 12.0 Å². The second-order valence-corrected chi connectivity index (χ2v) is 4.34. The van der Waals surface area contributed by atoms with Gasteiger partial charge in [-0.1, -0.05) is 20.8 Å². The average Bonchev–Trinajstić information content (AvgIpc) is 1.82. The first kappa shape index (κ1) is 12.5. The summed E-state index contributed by atoms with van der Waals surface area (Å²) in [6, 6.07) is 0. The van der Waals surface area contributed by atoms with Crippen LogP contribution in [0.4, 0.5) is 13.2 Å². The van der Waals surface area contributed by atoms with E-state index in [2.05, 4.69) is 0 Å². The monoisotopic (exact) mass is 196 g/mol. The molecule has 0 aromatic heterocycles. The van der Waals surface area contributed by atoms with E-state index in [1.165, 1.54) is 0 Å². The molecule has 4 heteroatoms. The normalized spacial score (nSPS) is 13.1. The average molecular weight is 196 g/mol. The Morgan fingerprint density at radius 3 is 1.92 bits per heavy atom. The van der Waals surface area contributed by atoms with Crippen LogP contribution in [0.15, 0.2) is 0 Å². The fraction of sp³-hybridized carbons (Fsp3) is 0.889. The third-order valence-corrected chi connectivity index (χ3v) is 1.65. The standard InChI is InChI=1S/C9H15F3O/c1-8(2,3)6-4-5-7(13)9(10,11)12/h4-6H2,1-3H3.